The first-order chi connectivity index (χ1) is 8.65. The first kappa shape index (κ1) is 13.0. The van der Waals surface area contributed by atoms with E-state index in [9.17, 15) is 4.79 Å². The summed E-state index contributed by atoms with van der Waals surface area (Å²) in [6.45, 7) is 6.43. The molecule has 0 spiro atoms. The minimum atomic E-state index is 0.550. The maximum absolute atomic E-state index is 10.7. The summed E-state index contributed by atoms with van der Waals surface area (Å²) in [5, 5.41) is 0.550. The van der Waals surface area contributed by atoms with Crippen molar-refractivity contribution < 1.29 is 4.79 Å². The summed E-state index contributed by atoms with van der Waals surface area (Å²) < 4.78 is 0. The molecule has 0 saturated heterocycles. The summed E-state index contributed by atoms with van der Waals surface area (Å²) in [5.41, 5.74) is 3.37. The second kappa shape index (κ2) is 5.44. The maximum Gasteiger partial charge on any atom is 0.178 e. The standard InChI is InChI=1S/C15H17NOS/c1-4-10(2)12-5-7-13(8-6-12)15-11(3)18-14(9-17)16-15/h5-10H,4H2,1-3H3. The molecule has 3 heteroatoms. The average Bonchev–Trinajstić information content (AvgIpc) is 2.79. The second-order valence-electron chi connectivity index (χ2n) is 4.51. The highest BCUT2D eigenvalue weighted by atomic mass is 32.1. The Morgan fingerprint density at radius 2 is 2.00 bits per heavy atom. The van der Waals surface area contributed by atoms with Crippen LogP contribution in [-0.2, 0) is 0 Å². The fourth-order valence-electron chi connectivity index (χ4n) is 1.94. The maximum atomic E-state index is 10.7. The number of hydrogen-bond acceptors (Lipinski definition) is 3. The lowest BCUT2D eigenvalue weighted by Crippen LogP contribution is -1.91. The number of rotatable bonds is 4. The molecule has 2 nitrogen and oxygen atoms in total. The Balaban J connectivity index is 2.33. The molecule has 1 unspecified atom stereocenters. The number of aryl methyl sites for hydroxylation is 1. The van der Waals surface area contributed by atoms with Crippen LogP contribution in [0.15, 0.2) is 24.3 Å². The zero-order valence-corrected chi connectivity index (χ0v) is 11.8. The van der Waals surface area contributed by atoms with Gasteiger partial charge in [-0.25, -0.2) is 4.98 Å². The van der Waals surface area contributed by atoms with Gasteiger partial charge in [0.2, 0.25) is 0 Å². The van der Waals surface area contributed by atoms with E-state index >= 15 is 0 Å². The molecule has 0 fully saturated rings. The summed E-state index contributed by atoms with van der Waals surface area (Å²) in [6, 6.07) is 8.50. The topological polar surface area (TPSA) is 30.0 Å². The smallest absolute Gasteiger partial charge is 0.178 e. The molecule has 0 aliphatic rings. The van der Waals surface area contributed by atoms with Crippen molar-refractivity contribution in [3.63, 3.8) is 0 Å². The highest BCUT2D eigenvalue weighted by Crippen LogP contribution is 2.28. The predicted octanol–water partition coefficient (Wildman–Crippen LogP) is 4.44. The third-order valence-corrected chi connectivity index (χ3v) is 4.18. The Hall–Kier alpha value is -1.48. The minimum absolute atomic E-state index is 0.550. The van der Waals surface area contributed by atoms with Gasteiger partial charge < -0.3 is 0 Å². The van der Waals surface area contributed by atoms with Crippen LogP contribution < -0.4 is 0 Å². The first-order valence-electron chi connectivity index (χ1n) is 6.18. The van der Waals surface area contributed by atoms with E-state index in [4.69, 9.17) is 0 Å². The zero-order valence-electron chi connectivity index (χ0n) is 10.9. The van der Waals surface area contributed by atoms with Gasteiger partial charge in [-0.15, -0.1) is 11.3 Å². The molecular weight excluding hydrogens is 242 g/mol. The molecule has 1 aromatic heterocycles. The average molecular weight is 259 g/mol. The Morgan fingerprint density at radius 1 is 1.33 bits per heavy atom. The van der Waals surface area contributed by atoms with E-state index < -0.39 is 0 Å². The van der Waals surface area contributed by atoms with Gasteiger partial charge in [-0.05, 0) is 24.8 Å². The largest absolute Gasteiger partial charge is 0.295 e. The Kier molecular flexibility index (Phi) is 3.92. The van der Waals surface area contributed by atoms with E-state index in [1.54, 1.807) is 0 Å². The molecule has 2 aromatic rings. The van der Waals surface area contributed by atoms with Crippen LogP contribution in [0.4, 0.5) is 0 Å². The van der Waals surface area contributed by atoms with Crippen molar-refractivity contribution in [3.8, 4) is 11.3 Å². The molecule has 0 N–H and O–H groups in total. The van der Waals surface area contributed by atoms with Gasteiger partial charge in [-0.2, -0.15) is 0 Å². The van der Waals surface area contributed by atoms with E-state index in [0.29, 0.717) is 10.9 Å². The van der Waals surface area contributed by atoms with Crippen LogP contribution in [0.2, 0.25) is 0 Å². The first-order valence-corrected chi connectivity index (χ1v) is 7.00. The summed E-state index contributed by atoms with van der Waals surface area (Å²) in [5.74, 6) is 0.584. The zero-order chi connectivity index (χ0) is 13.1. The molecule has 0 saturated carbocycles. The van der Waals surface area contributed by atoms with Crippen LogP contribution in [0.1, 0.15) is 46.4 Å². The van der Waals surface area contributed by atoms with Gasteiger partial charge in [0.15, 0.2) is 11.3 Å². The van der Waals surface area contributed by atoms with E-state index in [0.717, 1.165) is 28.8 Å². The van der Waals surface area contributed by atoms with Crippen LogP contribution in [-0.4, -0.2) is 11.3 Å². The van der Waals surface area contributed by atoms with Crippen molar-refractivity contribution >= 4 is 17.6 Å². The molecule has 0 aliphatic heterocycles. The van der Waals surface area contributed by atoms with Gasteiger partial charge in [0.1, 0.15) is 0 Å². The third-order valence-electron chi connectivity index (χ3n) is 3.28. The van der Waals surface area contributed by atoms with Gasteiger partial charge in [0.25, 0.3) is 0 Å². The highest BCUT2D eigenvalue weighted by Gasteiger charge is 2.10. The lowest BCUT2D eigenvalue weighted by atomic mass is 9.97. The number of nitrogens with zero attached hydrogens (tertiary/aromatic N) is 1. The van der Waals surface area contributed by atoms with Gasteiger partial charge in [-0.1, -0.05) is 38.1 Å². The van der Waals surface area contributed by atoms with Gasteiger partial charge in [0.05, 0.1) is 5.69 Å². The van der Waals surface area contributed by atoms with Gasteiger partial charge in [-0.3, -0.25) is 4.79 Å². The van der Waals surface area contributed by atoms with E-state index in [1.165, 1.54) is 16.9 Å². The van der Waals surface area contributed by atoms with E-state index in [2.05, 4.69) is 43.1 Å². The van der Waals surface area contributed by atoms with Crippen LogP contribution in [0.25, 0.3) is 11.3 Å². The highest BCUT2D eigenvalue weighted by molar-refractivity contribution is 7.13. The monoisotopic (exact) mass is 259 g/mol. The van der Waals surface area contributed by atoms with Crippen LogP contribution in [0, 0.1) is 6.92 Å². The molecule has 0 radical (unpaired) electrons. The lowest BCUT2D eigenvalue weighted by molar-refractivity contribution is 0.112. The van der Waals surface area contributed by atoms with Crippen LogP contribution in [0.3, 0.4) is 0 Å². The molecule has 94 valence electrons. The fourth-order valence-corrected chi connectivity index (χ4v) is 2.70. The molecule has 1 aromatic carbocycles. The van der Waals surface area contributed by atoms with Crippen molar-refractivity contribution in [2.24, 2.45) is 0 Å². The van der Waals surface area contributed by atoms with E-state index in [-0.39, 0.29) is 0 Å². The summed E-state index contributed by atoms with van der Waals surface area (Å²) in [6.07, 6.45) is 1.96. The molecule has 1 heterocycles. The number of carbonyl (C=O) groups excluding carboxylic acids is 1. The SMILES string of the molecule is CCC(C)c1ccc(-c2nc(C=O)sc2C)cc1. The number of aldehydes is 1. The van der Waals surface area contributed by atoms with Crippen molar-refractivity contribution in [2.45, 2.75) is 33.1 Å². The number of thiazole rings is 1. The molecule has 0 bridgehead atoms. The summed E-state index contributed by atoms with van der Waals surface area (Å²) in [7, 11) is 0. The summed E-state index contributed by atoms with van der Waals surface area (Å²) >= 11 is 1.45. The van der Waals surface area contributed by atoms with Crippen molar-refractivity contribution in [2.75, 3.05) is 0 Å². The Bertz CT molecular complexity index is 542. The number of carbonyl (C=O) groups is 1. The van der Waals surface area contributed by atoms with Crippen molar-refractivity contribution in [1.29, 1.82) is 0 Å². The number of aromatic nitrogens is 1. The van der Waals surface area contributed by atoms with Crippen molar-refractivity contribution in [1.82, 2.24) is 4.98 Å². The molecule has 0 amide bonds. The quantitative estimate of drug-likeness (QED) is 0.759. The molecule has 0 aliphatic carbocycles. The predicted molar refractivity (Wildman–Crippen MR) is 76.4 cm³/mol. The van der Waals surface area contributed by atoms with Crippen LogP contribution in [0.5, 0.6) is 0 Å². The Morgan fingerprint density at radius 3 is 2.50 bits per heavy atom. The molecule has 18 heavy (non-hydrogen) atoms. The molecule has 1 atom stereocenters. The third kappa shape index (κ3) is 2.51. The normalized spacial score (nSPS) is 12.4. The van der Waals surface area contributed by atoms with Gasteiger partial charge >= 0.3 is 0 Å². The van der Waals surface area contributed by atoms with E-state index in [1.807, 2.05) is 6.92 Å². The number of benzene rings is 1. The Labute approximate surface area is 112 Å². The van der Waals surface area contributed by atoms with Crippen molar-refractivity contribution in [3.05, 3.63) is 39.7 Å². The molecular formula is C15H17NOS. The summed E-state index contributed by atoms with van der Waals surface area (Å²) in [4.78, 5) is 16.2. The lowest BCUT2D eigenvalue weighted by Gasteiger charge is -2.09. The van der Waals surface area contributed by atoms with Crippen LogP contribution >= 0.6 is 11.3 Å². The number of hydrogen-bond donors (Lipinski definition) is 0. The second-order valence-corrected chi connectivity index (χ2v) is 5.74. The minimum Gasteiger partial charge on any atom is -0.295 e. The van der Waals surface area contributed by atoms with Gasteiger partial charge in [0, 0.05) is 10.4 Å². The fraction of sp³-hybridized carbons (Fsp3) is 0.333. The molecule has 2 rings (SSSR count).